The molecule has 0 unspecified atom stereocenters. The average molecular weight is 395 g/mol. The van der Waals surface area contributed by atoms with Gasteiger partial charge in [-0.1, -0.05) is 23.7 Å². The molecule has 6 nitrogen and oxygen atoms in total. The zero-order valence-corrected chi connectivity index (χ0v) is 15.8. The highest BCUT2D eigenvalue weighted by Gasteiger charge is 2.27. The van der Waals surface area contributed by atoms with Crippen LogP contribution in [-0.2, 0) is 0 Å². The number of hydrogen-bond acceptors (Lipinski definition) is 5. The molecule has 0 saturated carbocycles. The summed E-state index contributed by atoms with van der Waals surface area (Å²) in [4.78, 5) is 22.5. The number of carbonyl (C=O) groups is 1. The van der Waals surface area contributed by atoms with Gasteiger partial charge in [0.15, 0.2) is 0 Å². The predicted octanol–water partition coefficient (Wildman–Crippen LogP) is 3.55. The molecule has 28 heavy (non-hydrogen) atoms. The molecule has 0 aliphatic carbocycles. The molecule has 1 aromatic carbocycles. The van der Waals surface area contributed by atoms with Crippen molar-refractivity contribution < 1.29 is 9.53 Å². The van der Waals surface area contributed by atoms with Gasteiger partial charge in [-0.05, 0) is 35.9 Å². The van der Waals surface area contributed by atoms with Gasteiger partial charge in [-0.15, -0.1) is 0 Å². The summed E-state index contributed by atoms with van der Waals surface area (Å²) >= 11 is 6.13. The Morgan fingerprint density at radius 1 is 1.18 bits per heavy atom. The highest BCUT2D eigenvalue weighted by atomic mass is 35.5. The normalized spacial score (nSPS) is 16.2. The van der Waals surface area contributed by atoms with Crippen LogP contribution in [0.15, 0.2) is 61.1 Å². The third-order valence-electron chi connectivity index (χ3n) is 4.75. The van der Waals surface area contributed by atoms with Crippen molar-refractivity contribution in [2.24, 2.45) is 5.73 Å². The van der Waals surface area contributed by atoms with Crippen molar-refractivity contribution in [1.82, 2.24) is 9.97 Å². The van der Waals surface area contributed by atoms with Crippen LogP contribution < -0.4 is 15.4 Å². The summed E-state index contributed by atoms with van der Waals surface area (Å²) in [5.41, 5.74) is 8.79. The Kier molecular flexibility index (Phi) is 5.12. The number of rotatable bonds is 5. The molecule has 0 bridgehead atoms. The molecule has 1 aliphatic heterocycles. The van der Waals surface area contributed by atoms with Crippen LogP contribution in [0.4, 0.5) is 5.69 Å². The summed E-state index contributed by atoms with van der Waals surface area (Å²) in [7, 11) is 0. The van der Waals surface area contributed by atoms with Gasteiger partial charge in [0.05, 0.1) is 12.1 Å². The number of pyridine rings is 2. The summed E-state index contributed by atoms with van der Waals surface area (Å²) in [6.07, 6.45) is 5.86. The fraction of sp³-hybridized carbons (Fsp3) is 0.190. The van der Waals surface area contributed by atoms with Crippen LogP contribution in [0, 0.1) is 0 Å². The number of benzene rings is 1. The van der Waals surface area contributed by atoms with Gasteiger partial charge < -0.3 is 15.4 Å². The van der Waals surface area contributed by atoms with Crippen molar-refractivity contribution in [3.05, 3.63) is 71.6 Å². The minimum atomic E-state index is -0.460. The lowest BCUT2D eigenvalue weighted by atomic mass is 10.0. The second-order valence-electron chi connectivity index (χ2n) is 6.60. The topological polar surface area (TPSA) is 81.3 Å². The van der Waals surface area contributed by atoms with Crippen molar-refractivity contribution in [1.29, 1.82) is 0 Å². The first-order valence-corrected chi connectivity index (χ1v) is 9.36. The fourth-order valence-corrected chi connectivity index (χ4v) is 3.55. The number of anilines is 1. The molecular weight excluding hydrogens is 376 g/mol. The molecule has 1 aliphatic rings. The van der Waals surface area contributed by atoms with Crippen LogP contribution >= 0.6 is 11.6 Å². The SMILES string of the molecule is NC(=O)c1cc(-c2cccnc2)ccc1N1CC[C@H](Oc2ncccc2Cl)C1. The number of hydrogen-bond donors (Lipinski definition) is 1. The van der Waals surface area contributed by atoms with Crippen molar-refractivity contribution in [2.75, 3.05) is 18.0 Å². The van der Waals surface area contributed by atoms with Crippen LogP contribution in [0.5, 0.6) is 5.88 Å². The molecule has 1 atom stereocenters. The van der Waals surface area contributed by atoms with Gasteiger partial charge >= 0.3 is 0 Å². The second kappa shape index (κ2) is 7.86. The Bertz CT molecular complexity index is 997. The average Bonchev–Trinajstić information content (AvgIpc) is 3.18. The van der Waals surface area contributed by atoms with Crippen LogP contribution in [0.25, 0.3) is 11.1 Å². The third-order valence-corrected chi connectivity index (χ3v) is 5.03. The third kappa shape index (κ3) is 3.77. The number of amides is 1. The largest absolute Gasteiger partial charge is 0.471 e. The number of primary amides is 1. The van der Waals surface area contributed by atoms with Crippen molar-refractivity contribution in [3.63, 3.8) is 0 Å². The second-order valence-corrected chi connectivity index (χ2v) is 7.01. The molecule has 1 saturated heterocycles. The maximum absolute atomic E-state index is 12.1. The van der Waals surface area contributed by atoms with Crippen LogP contribution in [0.2, 0.25) is 5.02 Å². The van der Waals surface area contributed by atoms with Crippen LogP contribution in [0.3, 0.4) is 0 Å². The number of carbonyl (C=O) groups excluding carboxylic acids is 1. The van der Waals surface area contributed by atoms with E-state index in [0.29, 0.717) is 23.0 Å². The molecule has 7 heteroatoms. The van der Waals surface area contributed by atoms with E-state index in [2.05, 4.69) is 14.9 Å². The molecule has 3 heterocycles. The van der Waals surface area contributed by atoms with E-state index in [4.69, 9.17) is 22.1 Å². The van der Waals surface area contributed by atoms with Gasteiger partial charge in [0.2, 0.25) is 5.88 Å². The van der Waals surface area contributed by atoms with E-state index < -0.39 is 5.91 Å². The number of halogens is 1. The zero-order chi connectivity index (χ0) is 19.5. The molecule has 0 spiro atoms. The van der Waals surface area contributed by atoms with E-state index in [9.17, 15) is 4.79 Å². The standard InChI is InChI=1S/C21H19ClN4O2/c22-18-4-2-9-25-21(18)28-16-7-10-26(13-16)19-6-5-14(11-17(19)20(23)27)15-3-1-8-24-12-15/h1-6,8-9,11-12,16H,7,10,13H2,(H2,23,27)/t16-/m0/s1. The molecule has 1 fully saturated rings. The number of nitrogens with zero attached hydrogens (tertiary/aromatic N) is 3. The maximum Gasteiger partial charge on any atom is 0.250 e. The highest BCUT2D eigenvalue weighted by Crippen LogP contribution is 2.31. The lowest BCUT2D eigenvalue weighted by Crippen LogP contribution is -2.27. The smallest absolute Gasteiger partial charge is 0.250 e. The first-order chi connectivity index (χ1) is 13.6. The molecule has 4 rings (SSSR count). The first kappa shape index (κ1) is 18.3. The number of nitrogens with two attached hydrogens (primary N) is 1. The predicted molar refractivity (Wildman–Crippen MR) is 109 cm³/mol. The van der Waals surface area contributed by atoms with Crippen molar-refractivity contribution in [2.45, 2.75) is 12.5 Å². The van der Waals surface area contributed by atoms with E-state index in [1.54, 1.807) is 30.7 Å². The van der Waals surface area contributed by atoms with Gasteiger partial charge in [0.1, 0.15) is 11.1 Å². The summed E-state index contributed by atoms with van der Waals surface area (Å²) in [5, 5.41) is 0.486. The number of ether oxygens (including phenoxy) is 1. The van der Waals surface area contributed by atoms with E-state index in [0.717, 1.165) is 29.8 Å². The Morgan fingerprint density at radius 2 is 2.04 bits per heavy atom. The quantitative estimate of drug-likeness (QED) is 0.715. The minimum Gasteiger partial charge on any atom is -0.471 e. The van der Waals surface area contributed by atoms with Gasteiger partial charge in [0, 0.05) is 42.8 Å². The summed E-state index contributed by atoms with van der Waals surface area (Å²) < 4.78 is 5.94. The molecule has 142 valence electrons. The Labute approximate surface area is 167 Å². The molecule has 3 aromatic rings. The zero-order valence-electron chi connectivity index (χ0n) is 15.1. The van der Waals surface area contributed by atoms with Gasteiger partial charge in [-0.2, -0.15) is 0 Å². The van der Waals surface area contributed by atoms with Crippen LogP contribution in [-0.4, -0.2) is 35.1 Å². The van der Waals surface area contributed by atoms with E-state index in [1.807, 2.05) is 30.3 Å². The summed E-state index contributed by atoms with van der Waals surface area (Å²) in [6, 6.07) is 13.0. The molecule has 0 radical (unpaired) electrons. The minimum absolute atomic E-state index is 0.0638. The highest BCUT2D eigenvalue weighted by molar-refractivity contribution is 6.31. The van der Waals surface area contributed by atoms with Crippen LogP contribution in [0.1, 0.15) is 16.8 Å². The maximum atomic E-state index is 12.1. The fourth-order valence-electron chi connectivity index (χ4n) is 3.38. The molecule has 1 amide bonds. The summed E-state index contributed by atoms with van der Waals surface area (Å²) in [5.74, 6) is -0.0315. The van der Waals surface area contributed by atoms with E-state index >= 15 is 0 Å². The Hall–Kier alpha value is -3.12. The Morgan fingerprint density at radius 3 is 2.79 bits per heavy atom. The van der Waals surface area contributed by atoms with Gasteiger partial charge in [0.25, 0.3) is 5.91 Å². The molecular formula is C21H19ClN4O2. The monoisotopic (exact) mass is 394 g/mol. The van der Waals surface area contributed by atoms with Gasteiger partial charge in [-0.25, -0.2) is 4.98 Å². The lowest BCUT2D eigenvalue weighted by Gasteiger charge is -2.22. The summed E-state index contributed by atoms with van der Waals surface area (Å²) in [6.45, 7) is 1.38. The number of aromatic nitrogens is 2. The van der Waals surface area contributed by atoms with E-state index in [1.165, 1.54) is 0 Å². The van der Waals surface area contributed by atoms with Crippen molar-refractivity contribution in [3.8, 4) is 17.0 Å². The molecule has 2 aromatic heterocycles. The van der Waals surface area contributed by atoms with E-state index in [-0.39, 0.29) is 6.10 Å². The molecule has 2 N–H and O–H groups in total. The first-order valence-electron chi connectivity index (χ1n) is 8.98. The van der Waals surface area contributed by atoms with Crippen molar-refractivity contribution >= 4 is 23.2 Å². The van der Waals surface area contributed by atoms with Gasteiger partial charge in [-0.3, -0.25) is 9.78 Å². The Balaban J connectivity index is 1.56. The lowest BCUT2D eigenvalue weighted by molar-refractivity contribution is 0.100.